The first-order valence-electron chi connectivity index (χ1n) is 12.9. The third-order valence-electron chi connectivity index (χ3n) is 6.68. The number of anilines is 1. The fraction of sp³-hybridized carbons (Fsp3) is 0.333. The minimum absolute atomic E-state index is 0.0357. The van der Waals surface area contributed by atoms with Crippen LogP contribution in [0.15, 0.2) is 71.6 Å². The van der Waals surface area contributed by atoms with Crippen LogP contribution in [-0.4, -0.2) is 44.3 Å². The Kier molecular flexibility index (Phi) is 9.86. The molecule has 3 aromatic rings. The van der Waals surface area contributed by atoms with Gasteiger partial charge in [-0.15, -0.1) is 0 Å². The fourth-order valence-corrected chi connectivity index (χ4v) is 5.44. The molecule has 3 rings (SSSR count). The standard InChI is InChI=1S/C30H36FN3O4S/c1-6-17-32-30(36)24(5)33(19-25-9-7-8-10-28(25)31)29(35)20-34(26-14-13-22(3)23(4)18-26)39(37,38)27-15-11-21(2)12-16-27/h7-16,18,24H,6,17,19-20H2,1-5H3,(H,32,36)/t24-/m1/s1. The van der Waals surface area contributed by atoms with E-state index in [4.69, 9.17) is 0 Å². The molecule has 0 bridgehead atoms. The fourth-order valence-electron chi connectivity index (χ4n) is 4.04. The summed E-state index contributed by atoms with van der Waals surface area (Å²) in [6, 6.07) is 16.6. The van der Waals surface area contributed by atoms with E-state index in [2.05, 4.69) is 5.32 Å². The maximum atomic E-state index is 14.6. The summed E-state index contributed by atoms with van der Waals surface area (Å²) in [6.45, 7) is 8.74. The van der Waals surface area contributed by atoms with Crippen molar-refractivity contribution in [1.82, 2.24) is 10.2 Å². The molecular weight excluding hydrogens is 517 g/mol. The molecule has 0 heterocycles. The molecule has 208 valence electrons. The van der Waals surface area contributed by atoms with E-state index in [1.54, 1.807) is 43.3 Å². The SMILES string of the molecule is CCCNC(=O)[C@@H](C)N(Cc1ccccc1F)C(=O)CN(c1ccc(C)c(C)c1)S(=O)(=O)c1ccc(C)cc1. The summed E-state index contributed by atoms with van der Waals surface area (Å²) in [4.78, 5) is 28.0. The van der Waals surface area contributed by atoms with Gasteiger partial charge in [-0.05, 0) is 75.6 Å². The summed E-state index contributed by atoms with van der Waals surface area (Å²) in [7, 11) is -4.16. The molecular formula is C30H36FN3O4S. The van der Waals surface area contributed by atoms with E-state index in [-0.39, 0.29) is 17.0 Å². The Morgan fingerprint density at radius 1 is 0.949 bits per heavy atom. The molecule has 0 fully saturated rings. The second kappa shape index (κ2) is 12.9. The van der Waals surface area contributed by atoms with E-state index in [9.17, 15) is 22.4 Å². The van der Waals surface area contributed by atoms with E-state index < -0.39 is 40.2 Å². The van der Waals surface area contributed by atoms with Crippen LogP contribution in [0.2, 0.25) is 0 Å². The predicted molar refractivity (Wildman–Crippen MR) is 151 cm³/mol. The monoisotopic (exact) mass is 553 g/mol. The number of rotatable bonds is 11. The number of aryl methyl sites for hydroxylation is 3. The summed E-state index contributed by atoms with van der Waals surface area (Å²) in [5.74, 6) is -1.55. The molecule has 0 radical (unpaired) electrons. The molecule has 0 unspecified atom stereocenters. The normalized spacial score (nSPS) is 12.1. The highest BCUT2D eigenvalue weighted by atomic mass is 32.2. The lowest BCUT2D eigenvalue weighted by molar-refractivity contribution is -0.139. The highest BCUT2D eigenvalue weighted by molar-refractivity contribution is 7.92. The van der Waals surface area contributed by atoms with E-state index in [0.29, 0.717) is 18.7 Å². The molecule has 3 aromatic carbocycles. The third kappa shape index (κ3) is 7.23. The number of hydrogen-bond donors (Lipinski definition) is 1. The molecule has 7 nitrogen and oxygen atoms in total. The Morgan fingerprint density at radius 3 is 2.23 bits per heavy atom. The molecule has 1 N–H and O–H groups in total. The lowest BCUT2D eigenvalue weighted by Gasteiger charge is -2.32. The van der Waals surface area contributed by atoms with Crippen molar-refractivity contribution < 1.29 is 22.4 Å². The van der Waals surface area contributed by atoms with Crippen molar-refractivity contribution in [3.05, 3.63) is 94.8 Å². The topological polar surface area (TPSA) is 86.8 Å². The number of carbonyl (C=O) groups is 2. The zero-order chi connectivity index (χ0) is 28.7. The van der Waals surface area contributed by atoms with E-state index >= 15 is 0 Å². The zero-order valence-electron chi connectivity index (χ0n) is 23.1. The molecule has 1 atom stereocenters. The number of halogens is 1. The highest BCUT2D eigenvalue weighted by Crippen LogP contribution is 2.27. The van der Waals surface area contributed by atoms with Crippen LogP contribution in [0.3, 0.4) is 0 Å². The molecule has 39 heavy (non-hydrogen) atoms. The van der Waals surface area contributed by atoms with Gasteiger partial charge < -0.3 is 10.2 Å². The van der Waals surface area contributed by atoms with Crippen molar-refractivity contribution in [2.45, 2.75) is 58.5 Å². The smallest absolute Gasteiger partial charge is 0.264 e. The van der Waals surface area contributed by atoms with Crippen LogP contribution >= 0.6 is 0 Å². The van der Waals surface area contributed by atoms with Crippen molar-refractivity contribution in [2.75, 3.05) is 17.4 Å². The zero-order valence-corrected chi connectivity index (χ0v) is 23.9. The number of amides is 2. The van der Waals surface area contributed by atoms with Gasteiger partial charge in [0.15, 0.2) is 0 Å². The molecule has 0 saturated carbocycles. The van der Waals surface area contributed by atoms with Gasteiger partial charge in [-0.25, -0.2) is 12.8 Å². The van der Waals surface area contributed by atoms with Crippen LogP contribution in [0, 0.1) is 26.6 Å². The summed E-state index contributed by atoms with van der Waals surface area (Å²) < 4.78 is 43.4. The number of nitrogens with one attached hydrogen (secondary N) is 1. The third-order valence-corrected chi connectivity index (χ3v) is 8.47. The van der Waals surface area contributed by atoms with E-state index in [0.717, 1.165) is 21.0 Å². The molecule has 0 aromatic heterocycles. The van der Waals surface area contributed by atoms with Crippen LogP contribution < -0.4 is 9.62 Å². The predicted octanol–water partition coefficient (Wildman–Crippen LogP) is 4.89. The Morgan fingerprint density at radius 2 is 1.62 bits per heavy atom. The van der Waals surface area contributed by atoms with Gasteiger partial charge in [0.25, 0.3) is 10.0 Å². The molecule has 2 amide bonds. The second-order valence-corrected chi connectivity index (χ2v) is 11.5. The summed E-state index contributed by atoms with van der Waals surface area (Å²) in [6.07, 6.45) is 0.703. The molecule has 0 spiro atoms. The van der Waals surface area contributed by atoms with Crippen molar-refractivity contribution >= 4 is 27.5 Å². The summed E-state index contributed by atoms with van der Waals surface area (Å²) in [5.41, 5.74) is 3.27. The maximum Gasteiger partial charge on any atom is 0.264 e. The van der Waals surface area contributed by atoms with Crippen molar-refractivity contribution in [2.24, 2.45) is 0 Å². The Hall–Kier alpha value is -3.72. The highest BCUT2D eigenvalue weighted by Gasteiger charge is 2.33. The van der Waals surface area contributed by atoms with Gasteiger partial charge in [0.2, 0.25) is 11.8 Å². The van der Waals surface area contributed by atoms with Crippen LogP contribution in [0.1, 0.15) is 42.5 Å². The van der Waals surface area contributed by atoms with Crippen LogP contribution in [0.4, 0.5) is 10.1 Å². The minimum Gasteiger partial charge on any atom is -0.354 e. The number of nitrogens with zero attached hydrogens (tertiary/aromatic N) is 2. The quantitative estimate of drug-likeness (QED) is 0.366. The minimum atomic E-state index is -4.16. The molecule has 0 saturated heterocycles. The van der Waals surface area contributed by atoms with Crippen LogP contribution in [0.5, 0.6) is 0 Å². The lowest BCUT2D eigenvalue weighted by Crippen LogP contribution is -2.51. The number of carbonyl (C=O) groups excluding carboxylic acids is 2. The Balaban J connectivity index is 2.05. The Bertz CT molecular complexity index is 1420. The van der Waals surface area contributed by atoms with E-state index in [1.165, 1.54) is 35.2 Å². The first-order chi connectivity index (χ1) is 18.4. The molecule has 0 aliphatic carbocycles. The molecule has 0 aliphatic rings. The van der Waals surface area contributed by atoms with Gasteiger partial charge in [-0.2, -0.15) is 0 Å². The second-order valence-electron chi connectivity index (χ2n) is 9.67. The average molecular weight is 554 g/mol. The number of hydrogen-bond acceptors (Lipinski definition) is 4. The summed E-state index contributed by atoms with van der Waals surface area (Å²) in [5, 5.41) is 2.77. The van der Waals surface area contributed by atoms with Crippen molar-refractivity contribution in [3.8, 4) is 0 Å². The number of benzene rings is 3. The van der Waals surface area contributed by atoms with E-state index in [1.807, 2.05) is 27.7 Å². The number of sulfonamides is 1. The van der Waals surface area contributed by atoms with Gasteiger partial charge >= 0.3 is 0 Å². The van der Waals surface area contributed by atoms with Gasteiger partial charge in [0.1, 0.15) is 18.4 Å². The van der Waals surface area contributed by atoms with Gasteiger partial charge in [0, 0.05) is 18.7 Å². The first kappa shape index (κ1) is 29.8. The van der Waals surface area contributed by atoms with Gasteiger partial charge in [0.05, 0.1) is 10.6 Å². The van der Waals surface area contributed by atoms with Crippen LogP contribution in [-0.2, 0) is 26.2 Å². The van der Waals surface area contributed by atoms with Crippen LogP contribution in [0.25, 0.3) is 0 Å². The van der Waals surface area contributed by atoms with Gasteiger partial charge in [-0.3, -0.25) is 13.9 Å². The van der Waals surface area contributed by atoms with Crippen molar-refractivity contribution in [1.29, 1.82) is 0 Å². The average Bonchev–Trinajstić information content (AvgIpc) is 2.91. The molecule has 9 heteroatoms. The Labute approximate surface area is 230 Å². The lowest BCUT2D eigenvalue weighted by atomic mass is 10.1. The maximum absolute atomic E-state index is 14.6. The van der Waals surface area contributed by atoms with Crippen molar-refractivity contribution in [3.63, 3.8) is 0 Å². The summed E-state index contributed by atoms with van der Waals surface area (Å²) >= 11 is 0. The molecule has 0 aliphatic heterocycles. The first-order valence-corrected chi connectivity index (χ1v) is 14.4. The van der Waals surface area contributed by atoms with Gasteiger partial charge in [-0.1, -0.05) is 48.9 Å². The largest absolute Gasteiger partial charge is 0.354 e.